The molecule has 0 aliphatic carbocycles. The highest BCUT2D eigenvalue weighted by Gasteiger charge is 2.34. The minimum absolute atomic E-state index is 0.0343. The number of ether oxygens (including phenoxy) is 1. The maximum atomic E-state index is 13.9. The van der Waals surface area contributed by atoms with Crippen molar-refractivity contribution in [1.82, 2.24) is 9.21 Å². The monoisotopic (exact) mass is 462 g/mol. The van der Waals surface area contributed by atoms with Crippen molar-refractivity contribution in [2.24, 2.45) is 0 Å². The van der Waals surface area contributed by atoms with Gasteiger partial charge in [0, 0.05) is 31.2 Å². The Morgan fingerprint density at radius 2 is 1.73 bits per heavy atom. The fourth-order valence-corrected chi connectivity index (χ4v) is 4.71. The third-order valence-electron chi connectivity index (χ3n) is 4.62. The molecule has 3 rings (SSSR count). The van der Waals surface area contributed by atoms with Gasteiger partial charge in [-0.25, -0.2) is 21.6 Å². The van der Waals surface area contributed by atoms with E-state index in [4.69, 9.17) is 16.3 Å². The van der Waals surface area contributed by atoms with Crippen LogP contribution in [0.15, 0.2) is 41.3 Å². The molecule has 1 amide bonds. The van der Waals surface area contributed by atoms with Crippen molar-refractivity contribution in [3.05, 3.63) is 58.9 Å². The number of halogens is 4. The van der Waals surface area contributed by atoms with Gasteiger partial charge in [-0.3, -0.25) is 4.79 Å². The Bertz CT molecular complexity index is 1060. The Morgan fingerprint density at radius 3 is 2.37 bits per heavy atom. The van der Waals surface area contributed by atoms with E-state index in [2.05, 4.69) is 0 Å². The number of rotatable bonds is 5. The summed E-state index contributed by atoms with van der Waals surface area (Å²) in [6.45, 7) is 1.37. The molecule has 2 aromatic rings. The van der Waals surface area contributed by atoms with Crippen molar-refractivity contribution in [2.45, 2.75) is 17.9 Å². The number of nitrogens with zero attached hydrogens (tertiary/aromatic N) is 2. The van der Waals surface area contributed by atoms with E-state index in [1.165, 1.54) is 4.90 Å². The molecule has 1 unspecified atom stereocenters. The summed E-state index contributed by atoms with van der Waals surface area (Å²) < 4.78 is 72.2. The summed E-state index contributed by atoms with van der Waals surface area (Å²) in [7, 11) is -4.39. The van der Waals surface area contributed by atoms with E-state index in [0.29, 0.717) is 22.9 Å². The van der Waals surface area contributed by atoms with Gasteiger partial charge < -0.3 is 9.64 Å². The standard InChI is InChI=1S/C19H18ClF3N2O4S/c1-12(29-14-4-2-3-13(20)11-14)19(26)24-7-9-25(10-8-24)30(27,28)16-6-5-15(21)17(22)18(16)23/h2-6,11-12H,7-10H2,1H3. The molecule has 11 heteroatoms. The summed E-state index contributed by atoms with van der Waals surface area (Å²) in [5, 5.41) is 0.454. The van der Waals surface area contributed by atoms with Gasteiger partial charge in [0.15, 0.2) is 23.6 Å². The molecule has 1 saturated heterocycles. The van der Waals surface area contributed by atoms with Crippen LogP contribution in [0.2, 0.25) is 5.02 Å². The number of hydrogen-bond acceptors (Lipinski definition) is 4. The molecular weight excluding hydrogens is 445 g/mol. The maximum Gasteiger partial charge on any atom is 0.263 e. The summed E-state index contributed by atoms with van der Waals surface area (Å²) in [5.41, 5.74) is 0. The summed E-state index contributed by atoms with van der Waals surface area (Å²) in [6, 6.07) is 7.79. The fraction of sp³-hybridized carbons (Fsp3) is 0.316. The van der Waals surface area contributed by atoms with Crippen molar-refractivity contribution in [1.29, 1.82) is 0 Å². The van der Waals surface area contributed by atoms with E-state index in [0.717, 1.165) is 4.31 Å². The Labute approximate surface area is 176 Å². The number of carbonyl (C=O) groups excluding carboxylic acids is 1. The van der Waals surface area contributed by atoms with Crippen LogP contribution >= 0.6 is 11.6 Å². The molecule has 0 N–H and O–H groups in total. The first-order valence-corrected chi connectivity index (χ1v) is 10.8. The highest BCUT2D eigenvalue weighted by Crippen LogP contribution is 2.24. The summed E-state index contributed by atoms with van der Waals surface area (Å²) >= 11 is 5.89. The SMILES string of the molecule is CC(Oc1cccc(Cl)c1)C(=O)N1CCN(S(=O)(=O)c2ccc(F)c(F)c2F)CC1. The largest absolute Gasteiger partial charge is 0.481 e. The van der Waals surface area contributed by atoms with Crippen LogP contribution < -0.4 is 4.74 Å². The summed E-state index contributed by atoms with van der Waals surface area (Å²) in [6.07, 6.45) is -0.838. The van der Waals surface area contributed by atoms with Crippen LogP contribution in [0.5, 0.6) is 5.75 Å². The predicted octanol–water partition coefficient (Wildman–Crippen LogP) is 3.06. The van der Waals surface area contributed by atoms with Crippen LogP contribution in [0.4, 0.5) is 13.2 Å². The van der Waals surface area contributed by atoms with Gasteiger partial charge in [-0.05, 0) is 37.3 Å². The van der Waals surface area contributed by atoms with Gasteiger partial charge in [-0.2, -0.15) is 4.31 Å². The normalized spacial score (nSPS) is 16.4. The molecule has 1 aliphatic heterocycles. The zero-order valence-electron chi connectivity index (χ0n) is 15.8. The average molecular weight is 463 g/mol. The van der Waals surface area contributed by atoms with Gasteiger partial charge in [-0.1, -0.05) is 17.7 Å². The molecule has 1 atom stereocenters. The Morgan fingerprint density at radius 1 is 1.07 bits per heavy atom. The Kier molecular flexibility index (Phi) is 6.59. The van der Waals surface area contributed by atoms with Crippen LogP contribution in [0.25, 0.3) is 0 Å². The van der Waals surface area contributed by atoms with Gasteiger partial charge in [0.05, 0.1) is 0 Å². The molecule has 1 fully saturated rings. The number of amides is 1. The minimum atomic E-state index is -4.39. The molecular formula is C19H18ClF3N2O4S. The third kappa shape index (κ3) is 4.55. The van der Waals surface area contributed by atoms with Crippen molar-refractivity contribution < 1.29 is 31.1 Å². The van der Waals surface area contributed by atoms with Gasteiger partial charge in [0.1, 0.15) is 10.6 Å². The predicted molar refractivity (Wildman–Crippen MR) is 103 cm³/mol. The van der Waals surface area contributed by atoms with Crippen LogP contribution in [0, 0.1) is 17.5 Å². The molecule has 0 saturated carbocycles. The second-order valence-electron chi connectivity index (χ2n) is 6.62. The molecule has 0 spiro atoms. The van der Waals surface area contributed by atoms with E-state index >= 15 is 0 Å². The number of piperazine rings is 1. The van der Waals surface area contributed by atoms with Gasteiger partial charge in [0.25, 0.3) is 5.91 Å². The van der Waals surface area contributed by atoms with E-state index < -0.39 is 38.5 Å². The van der Waals surface area contributed by atoms with Crippen molar-refractivity contribution in [3.63, 3.8) is 0 Å². The number of carbonyl (C=O) groups is 1. The van der Waals surface area contributed by atoms with Crippen molar-refractivity contribution in [3.8, 4) is 5.75 Å². The molecule has 2 aromatic carbocycles. The Hall–Kier alpha value is -2.30. The van der Waals surface area contributed by atoms with Crippen molar-refractivity contribution in [2.75, 3.05) is 26.2 Å². The smallest absolute Gasteiger partial charge is 0.263 e. The second-order valence-corrected chi connectivity index (χ2v) is 8.96. The average Bonchev–Trinajstić information content (AvgIpc) is 2.71. The number of benzene rings is 2. The first kappa shape index (κ1) is 22.4. The topological polar surface area (TPSA) is 66.9 Å². The molecule has 1 heterocycles. The number of sulfonamides is 1. The number of hydrogen-bond donors (Lipinski definition) is 0. The lowest BCUT2D eigenvalue weighted by atomic mass is 10.2. The molecule has 1 aliphatic rings. The molecule has 162 valence electrons. The van der Waals surface area contributed by atoms with E-state index in [1.807, 2.05) is 0 Å². The molecule has 0 bridgehead atoms. The van der Waals surface area contributed by atoms with Crippen LogP contribution in [0.1, 0.15) is 6.92 Å². The highest BCUT2D eigenvalue weighted by atomic mass is 35.5. The van der Waals surface area contributed by atoms with E-state index in [-0.39, 0.29) is 32.1 Å². The first-order chi connectivity index (χ1) is 14.1. The second kappa shape index (κ2) is 8.83. The lowest BCUT2D eigenvalue weighted by Gasteiger charge is -2.35. The van der Waals surface area contributed by atoms with Gasteiger partial charge in [-0.15, -0.1) is 0 Å². The fourth-order valence-electron chi connectivity index (χ4n) is 3.05. The summed E-state index contributed by atoms with van der Waals surface area (Å²) in [5.74, 6) is -5.03. The lowest BCUT2D eigenvalue weighted by Crippen LogP contribution is -2.53. The quantitative estimate of drug-likeness (QED) is 0.641. The van der Waals surface area contributed by atoms with Gasteiger partial charge >= 0.3 is 0 Å². The van der Waals surface area contributed by atoms with Crippen LogP contribution in [-0.2, 0) is 14.8 Å². The molecule has 0 aromatic heterocycles. The van der Waals surface area contributed by atoms with Crippen molar-refractivity contribution >= 4 is 27.5 Å². The minimum Gasteiger partial charge on any atom is -0.481 e. The van der Waals surface area contributed by atoms with E-state index in [9.17, 15) is 26.4 Å². The summed E-state index contributed by atoms with van der Waals surface area (Å²) in [4.78, 5) is 13.1. The molecule has 0 radical (unpaired) electrons. The van der Waals surface area contributed by atoms with Crippen LogP contribution in [-0.4, -0.2) is 55.8 Å². The molecule has 6 nitrogen and oxygen atoms in total. The third-order valence-corrected chi connectivity index (χ3v) is 6.78. The Balaban J connectivity index is 1.65. The first-order valence-electron chi connectivity index (χ1n) is 8.96. The zero-order chi connectivity index (χ0) is 22.1. The van der Waals surface area contributed by atoms with Crippen LogP contribution in [0.3, 0.4) is 0 Å². The highest BCUT2D eigenvalue weighted by molar-refractivity contribution is 7.89. The lowest BCUT2D eigenvalue weighted by molar-refractivity contribution is -0.139. The van der Waals surface area contributed by atoms with E-state index in [1.54, 1.807) is 31.2 Å². The van der Waals surface area contributed by atoms with Gasteiger partial charge in [0.2, 0.25) is 10.0 Å². The maximum absolute atomic E-state index is 13.9. The zero-order valence-corrected chi connectivity index (χ0v) is 17.4. The molecule has 30 heavy (non-hydrogen) atoms.